The van der Waals surface area contributed by atoms with E-state index < -0.39 is 23.8 Å². The van der Waals surface area contributed by atoms with Gasteiger partial charge in [0, 0.05) is 10.6 Å². The van der Waals surface area contributed by atoms with Crippen LogP contribution in [0.25, 0.3) is 0 Å². The third kappa shape index (κ3) is 8.83. The van der Waals surface area contributed by atoms with Gasteiger partial charge in [-0.2, -0.15) is 5.10 Å². The minimum atomic E-state index is -0.821. The number of carbonyl (C=O) groups is 3. The van der Waals surface area contributed by atoms with Gasteiger partial charge in [0.15, 0.2) is 18.1 Å². The summed E-state index contributed by atoms with van der Waals surface area (Å²) in [6, 6.07) is 8.99. The molecule has 2 aromatic rings. The molecule has 0 aromatic heterocycles. The number of esters is 1. The molecule has 9 nitrogen and oxygen atoms in total. The molecule has 11 heteroatoms. The summed E-state index contributed by atoms with van der Waals surface area (Å²) in [4.78, 5) is 36.9. The molecular weight excluding hydrogens is 554 g/mol. The molecule has 0 aliphatic rings. The van der Waals surface area contributed by atoms with E-state index in [-0.39, 0.29) is 19.1 Å². The number of amides is 2. The molecule has 0 radical (unpaired) electrons. The minimum absolute atomic E-state index is 0.196. The van der Waals surface area contributed by atoms with Gasteiger partial charge >= 0.3 is 5.97 Å². The fourth-order valence-electron chi connectivity index (χ4n) is 3.03. The second-order valence-corrected chi connectivity index (χ2v) is 9.09. The first kappa shape index (κ1) is 29.1. The van der Waals surface area contributed by atoms with E-state index in [4.69, 9.17) is 25.8 Å². The highest BCUT2D eigenvalue weighted by atomic mass is 79.9. The Balaban J connectivity index is 2.10. The summed E-state index contributed by atoms with van der Waals surface area (Å²) in [6.07, 6.45) is 1.43. The molecule has 0 heterocycles. The number of ether oxygens (including phenoxy) is 3. The second-order valence-electron chi connectivity index (χ2n) is 7.80. The van der Waals surface area contributed by atoms with Crippen LogP contribution in [0.3, 0.4) is 0 Å². The summed E-state index contributed by atoms with van der Waals surface area (Å²) in [5.41, 5.74) is 3.41. The summed E-state index contributed by atoms with van der Waals surface area (Å²) >= 11 is 9.37. The van der Waals surface area contributed by atoms with Crippen LogP contribution in [0.4, 0.5) is 0 Å². The van der Waals surface area contributed by atoms with E-state index >= 15 is 0 Å². The summed E-state index contributed by atoms with van der Waals surface area (Å²) < 4.78 is 16.6. The third-order valence-corrected chi connectivity index (χ3v) is 5.51. The fourth-order valence-corrected chi connectivity index (χ4v) is 3.79. The van der Waals surface area contributed by atoms with Gasteiger partial charge in [-0.3, -0.25) is 9.59 Å². The molecule has 1 atom stereocenters. The van der Waals surface area contributed by atoms with Gasteiger partial charge in [0.25, 0.3) is 11.8 Å². The molecule has 0 spiro atoms. The monoisotopic (exact) mass is 581 g/mol. The Kier molecular flexibility index (Phi) is 11.7. The zero-order valence-electron chi connectivity index (χ0n) is 20.5. The Labute approximate surface area is 223 Å². The van der Waals surface area contributed by atoms with Crippen molar-refractivity contribution in [3.63, 3.8) is 0 Å². The van der Waals surface area contributed by atoms with Crippen LogP contribution >= 0.6 is 27.5 Å². The second kappa shape index (κ2) is 14.4. The van der Waals surface area contributed by atoms with E-state index in [2.05, 4.69) is 31.8 Å². The number of hydrogen-bond donors (Lipinski definition) is 2. The number of hydrogen-bond acceptors (Lipinski definition) is 7. The number of benzene rings is 2. The van der Waals surface area contributed by atoms with Crippen LogP contribution in [0.5, 0.6) is 11.5 Å². The van der Waals surface area contributed by atoms with Crippen LogP contribution in [-0.2, 0) is 14.3 Å². The predicted molar refractivity (Wildman–Crippen MR) is 141 cm³/mol. The fraction of sp³-hybridized carbons (Fsp3) is 0.360. The molecule has 0 aliphatic carbocycles. The normalized spacial score (nSPS) is 11.8. The number of carbonyl (C=O) groups excluding carboxylic acids is 3. The average molecular weight is 583 g/mol. The number of nitrogens with zero attached hydrogens (tertiary/aromatic N) is 1. The first-order chi connectivity index (χ1) is 17.2. The molecule has 2 N–H and O–H groups in total. The predicted octanol–water partition coefficient (Wildman–Crippen LogP) is 4.35. The molecule has 0 aliphatic heterocycles. The Bertz CT molecular complexity index is 1110. The summed E-state index contributed by atoms with van der Waals surface area (Å²) in [7, 11) is 0. The molecule has 194 valence electrons. The van der Waals surface area contributed by atoms with Crippen molar-refractivity contribution in [3.05, 3.63) is 57.0 Å². The maximum Gasteiger partial charge on any atom is 0.344 e. The quantitative estimate of drug-likeness (QED) is 0.218. The number of halogens is 2. The van der Waals surface area contributed by atoms with Gasteiger partial charge in [-0.1, -0.05) is 31.5 Å². The molecule has 0 fully saturated rings. The lowest BCUT2D eigenvalue weighted by Crippen LogP contribution is -2.48. The van der Waals surface area contributed by atoms with Crippen molar-refractivity contribution in [2.24, 2.45) is 11.0 Å². The molecule has 0 bridgehead atoms. The molecule has 0 saturated heterocycles. The minimum Gasteiger partial charge on any atom is -0.490 e. The smallest absolute Gasteiger partial charge is 0.344 e. The van der Waals surface area contributed by atoms with E-state index in [1.54, 1.807) is 37.3 Å². The van der Waals surface area contributed by atoms with Crippen molar-refractivity contribution in [1.82, 2.24) is 10.7 Å². The van der Waals surface area contributed by atoms with Crippen molar-refractivity contribution in [2.45, 2.75) is 33.7 Å². The standard InChI is InChI=1S/C25H29BrClN3O6/c1-5-34-20-11-16(10-19(26)23(20)36-14-21(31)35-6-2)13-28-30-25(33)22(15(3)4)29-24(32)17-8-7-9-18(27)12-17/h7-13,15,22H,5-6,14H2,1-4H3,(H,29,32)(H,30,33). The first-order valence-corrected chi connectivity index (χ1v) is 12.5. The van der Waals surface area contributed by atoms with Crippen molar-refractivity contribution in [1.29, 1.82) is 0 Å². The van der Waals surface area contributed by atoms with E-state index in [1.165, 1.54) is 12.3 Å². The molecule has 2 aromatic carbocycles. The van der Waals surface area contributed by atoms with Crippen molar-refractivity contribution >= 4 is 51.5 Å². The lowest BCUT2D eigenvalue weighted by molar-refractivity contribution is -0.145. The Morgan fingerprint density at radius 1 is 1.11 bits per heavy atom. The molecule has 0 saturated carbocycles. The van der Waals surface area contributed by atoms with Crippen LogP contribution in [-0.4, -0.2) is 49.9 Å². The number of nitrogens with one attached hydrogen (secondary N) is 2. The Hall–Kier alpha value is -3.11. The third-order valence-electron chi connectivity index (χ3n) is 4.68. The molecule has 36 heavy (non-hydrogen) atoms. The zero-order chi connectivity index (χ0) is 26.7. The van der Waals surface area contributed by atoms with Crippen LogP contribution in [0.15, 0.2) is 46.0 Å². The van der Waals surface area contributed by atoms with Gasteiger partial charge in [-0.05, 0) is 71.6 Å². The highest BCUT2D eigenvalue weighted by Gasteiger charge is 2.24. The van der Waals surface area contributed by atoms with Gasteiger partial charge in [-0.25, -0.2) is 10.2 Å². The van der Waals surface area contributed by atoms with Gasteiger partial charge in [0.05, 0.1) is 23.9 Å². The molecule has 2 amide bonds. The van der Waals surface area contributed by atoms with E-state index in [0.29, 0.717) is 38.7 Å². The summed E-state index contributed by atoms with van der Waals surface area (Å²) in [6.45, 7) is 7.50. The SMILES string of the molecule is CCOC(=O)COc1c(Br)cc(C=NNC(=O)C(NC(=O)c2cccc(Cl)c2)C(C)C)cc1OCC. The average Bonchev–Trinajstić information content (AvgIpc) is 2.82. The van der Waals surface area contributed by atoms with E-state index in [0.717, 1.165) is 0 Å². The van der Waals surface area contributed by atoms with Crippen LogP contribution in [0, 0.1) is 5.92 Å². The maximum atomic E-state index is 12.7. The lowest BCUT2D eigenvalue weighted by Gasteiger charge is -2.20. The largest absolute Gasteiger partial charge is 0.490 e. The van der Waals surface area contributed by atoms with Gasteiger partial charge in [-0.15, -0.1) is 0 Å². The van der Waals surface area contributed by atoms with Gasteiger partial charge in [0.2, 0.25) is 0 Å². The maximum absolute atomic E-state index is 12.7. The highest BCUT2D eigenvalue weighted by Crippen LogP contribution is 2.36. The van der Waals surface area contributed by atoms with E-state index in [1.807, 2.05) is 20.8 Å². The summed E-state index contributed by atoms with van der Waals surface area (Å²) in [5, 5.41) is 7.16. The van der Waals surface area contributed by atoms with Crippen molar-refractivity contribution < 1.29 is 28.6 Å². The lowest BCUT2D eigenvalue weighted by atomic mass is 10.0. The topological polar surface area (TPSA) is 115 Å². The van der Waals surface area contributed by atoms with Crippen molar-refractivity contribution in [3.8, 4) is 11.5 Å². The Morgan fingerprint density at radius 3 is 2.50 bits per heavy atom. The first-order valence-electron chi connectivity index (χ1n) is 11.3. The zero-order valence-corrected chi connectivity index (χ0v) is 22.8. The van der Waals surface area contributed by atoms with Gasteiger partial charge in [0.1, 0.15) is 6.04 Å². The molecule has 2 rings (SSSR count). The van der Waals surface area contributed by atoms with Crippen LogP contribution < -0.4 is 20.2 Å². The van der Waals surface area contributed by atoms with Crippen LogP contribution in [0.1, 0.15) is 43.6 Å². The molecule has 1 unspecified atom stereocenters. The highest BCUT2D eigenvalue weighted by molar-refractivity contribution is 9.10. The van der Waals surface area contributed by atoms with E-state index in [9.17, 15) is 14.4 Å². The van der Waals surface area contributed by atoms with Crippen molar-refractivity contribution in [2.75, 3.05) is 19.8 Å². The van der Waals surface area contributed by atoms with Gasteiger partial charge < -0.3 is 19.5 Å². The molecular formula is C25H29BrClN3O6. The van der Waals surface area contributed by atoms with Crippen LogP contribution in [0.2, 0.25) is 5.02 Å². The summed E-state index contributed by atoms with van der Waals surface area (Å²) in [5.74, 6) is -0.859. The Morgan fingerprint density at radius 2 is 1.86 bits per heavy atom. The number of hydrazone groups is 1. The number of rotatable bonds is 12.